The van der Waals surface area contributed by atoms with E-state index in [0.717, 1.165) is 35.8 Å². The van der Waals surface area contributed by atoms with Gasteiger partial charge in [-0.25, -0.2) is 0 Å². The Bertz CT molecular complexity index is 408. The highest BCUT2D eigenvalue weighted by atomic mass is 32.2. The smallest absolute Gasteiger partial charge is 0.0992 e. The fraction of sp³-hybridized carbons (Fsp3) is 0.417. The predicted molar refractivity (Wildman–Crippen MR) is 65.3 cm³/mol. The summed E-state index contributed by atoms with van der Waals surface area (Å²) in [5.41, 5.74) is 7.25. The number of rotatable bonds is 3. The summed E-state index contributed by atoms with van der Waals surface area (Å²) in [5.74, 6) is 0.916. The van der Waals surface area contributed by atoms with E-state index >= 15 is 0 Å². The summed E-state index contributed by atoms with van der Waals surface area (Å²) in [6.45, 7) is 0.874. The van der Waals surface area contributed by atoms with Gasteiger partial charge in [0.2, 0.25) is 0 Å². The van der Waals surface area contributed by atoms with Crippen LogP contribution in [0, 0.1) is 11.3 Å². The molecule has 0 aliphatic carbocycles. The zero-order chi connectivity index (χ0) is 11.4. The third kappa shape index (κ3) is 2.69. The molecule has 1 aliphatic heterocycles. The van der Waals surface area contributed by atoms with Crippen LogP contribution in [-0.2, 0) is 4.74 Å². The summed E-state index contributed by atoms with van der Waals surface area (Å²) in [5, 5.41) is 8.81. The van der Waals surface area contributed by atoms with E-state index in [9.17, 15) is 0 Å². The largest absolute Gasteiger partial charge is 0.398 e. The second kappa shape index (κ2) is 5.24. The van der Waals surface area contributed by atoms with Crippen LogP contribution in [0.15, 0.2) is 23.1 Å². The lowest BCUT2D eigenvalue weighted by molar-refractivity contribution is 0.129. The molecule has 2 rings (SSSR count). The highest BCUT2D eigenvalue weighted by molar-refractivity contribution is 7.99. The molecule has 1 aromatic rings. The number of anilines is 1. The van der Waals surface area contributed by atoms with Crippen LogP contribution in [0.25, 0.3) is 0 Å². The van der Waals surface area contributed by atoms with E-state index in [1.54, 1.807) is 23.9 Å². The van der Waals surface area contributed by atoms with Crippen LogP contribution in [0.4, 0.5) is 5.69 Å². The summed E-state index contributed by atoms with van der Waals surface area (Å²) in [6.07, 6.45) is 2.62. The summed E-state index contributed by atoms with van der Waals surface area (Å²) < 4.78 is 5.54. The van der Waals surface area contributed by atoms with Crippen molar-refractivity contribution >= 4 is 17.4 Å². The second-order valence-corrected chi connectivity index (χ2v) is 4.87. The first kappa shape index (κ1) is 11.3. The van der Waals surface area contributed by atoms with Crippen molar-refractivity contribution < 1.29 is 4.74 Å². The Morgan fingerprint density at radius 2 is 2.44 bits per heavy atom. The van der Waals surface area contributed by atoms with Gasteiger partial charge in [0.25, 0.3) is 0 Å². The first-order chi connectivity index (χ1) is 7.79. The van der Waals surface area contributed by atoms with Crippen LogP contribution in [0.2, 0.25) is 0 Å². The van der Waals surface area contributed by atoms with Gasteiger partial charge in [0.1, 0.15) is 0 Å². The molecule has 0 aromatic heterocycles. The van der Waals surface area contributed by atoms with Crippen LogP contribution in [0.1, 0.15) is 18.4 Å². The van der Waals surface area contributed by atoms with Crippen molar-refractivity contribution in [2.24, 2.45) is 0 Å². The van der Waals surface area contributed by atoms with Gasteiger partial charge < -0.3 is 10.5 Å². The monoisotopic (exact) mass is 234 g/mol. The quantitative estimate of drug-likeness (QED) is 0.644. The van der Waals surface area contributed by atoms with E-state index in [4.69, 9.17) is 15.7 Å². The molecule has 84 valence electrons. The van der Waals surface area contributed by atoms with Crippen LogP contribution in [0.5, 0.6) is 0 Å². The molecule has 1 unspecified atom stereocenters. The zero-order valence-electron chi connectivity index (χ0n) is 8.98. The lowest BCUT2D eigenvalue weighted by Crippen LogP contribution is -2.08. The number of hydrogen-bond acceptors (Lipinski definition) is 4. The Hall–Kier alpha value is -1.18. The molecule has 0 radical (unpaired) electrons. The van der Waals surface area contributed by atoms with E-state index in [1.165, 1.54) is 0 Å². The van der Waals surface area contributed by atoms with Crippen molar-refractivity contribution in [3.8, 4) is 6.07 Å². The molecule has 1 aliphatic rings. The second-order valence-electron chi connectivity index (χ2n) is 3.81. The minimum atomic E-state index is 0.343. The van der Waals surface area contributed by atoms with Crippen molar-refractivity contribution in [1.29, 1.82) is 5.26 Å². The third-order valence-electron chi connectivity index (χ3n) is 2.59. The molecule has 1 heterocycles. The van der Waals surface area contributed by atoms with Crippen molar-refractivity contribution in [1.82, 2.24) is 0 Å². The highest BCUT2D eigenvalue weighted by Gasteiger charge is 2.16. The summed E-state index contributed by atoms with van der Waals surface area (Å²) in [7, 11) is 0. The van der Waals surface area contributed by atoms with E-state index in [2.05, 4.69) is 6.07 Å². The number of nitrogen functional groups attached to an aromatic ring is 1. The summed E-state index contributed by atoms with van der Waals surface area (Å²) in [6, 6.07) is 7.49. The molecular formula is C12H14N2OS. The Morgan fingerprint density at radius 3 is 3.12 bits per heavy atom. The van der Waals surface area contributed by atoms with Crippen LogP contribution < -0.4 is 5.73 Å². The number of nitrogens with two attached hydrogens (primary N) is 1. The zero-order valence-corrected chi connectivity index (χ0v) is 9.80. The van der Waals surface area contributed by atoms with Gasteiger partial charge >= 0.3 is 0 Å². The molecule has 0 spiro atoms. The summed E-state index contributed by atoms with van der Waals surface area (Å²) >= 11 is 1.67. The Morgan fingerprint density at radius 1 is 1.56 bits per heavy atom. The number of nitriles is 1. The van der Waals surface area contributed by atoms with Gasteiger partial charge in [0.15, 0.2) is 0 Å². The maximum atomic E-state index is 8.81. The number of benzene rings is 1. The molecule has 0 bridgehead atoms. The molecule has 4 heteroatoms. The molecular weight excluding hydrogens is 220 g/mol. The van der Waals surface area contributed by atoms with Crippen LogP contribution >= 0.6 is 11.8 Å². The summed E-state index contributed by atoms with van der Waals surface area (Å²) in [4.78, 5) is 0.981. The van der Waals surface area contributed by atoms with E-state index in [1.807, 2.05) is 6.07 Å². The Kier molecular flexibility index (Phi) is 3.70. The third-order valence-corrected chi connectivity index (χ3v) is 3.79. The fourth-order valence-electron chi connectivity index (χ4n) is 1.69. The van der Waals surface area contributed by atoms with Gasteiger partial charge in [-0.3, -0.25) is 0 Å². The molecule has 1 aromatic carbocycles. The number of ether oxygens (including phenoxy) is 1. The first-order valence-corrected chi connectivity index (χ1v) is 6.32. The van der Waals surface area contributed by atoms with Gasteiger partial charge in [-0.15, -0.1) is 11.8 Å². The fourth-order valence-corrected chi connectivity index (χ4v) is 2.76. The topological polar surface area (TPSA) is 59.0 Å². The number of hydrogen-bond donors (Lipinski definition) is 1. The predicted octanol–water partition coefficient (Wildman–Crippen LogP) is 2.41. The molecule has 1 saturated heterocycles. The van der Waals surface area contributed by atoms with Gasteiger partial charge in [-0.1, -0.05) is 0 Å². The number of thioether (sulfide) groups is 1. The van der Waals surface area contributed by atoms with Crippen molar-refractivity contribution in [3.05, 3.63) is 23.8 Å². The molecule has 16 heavy (non-hydrogen) atoms. The lowest BCUT2D eigenvalue weighted by atomic mass is 10.2. The Labute approximate surface area is 99.6 Å². The van der Waals surface area contributed by atoms with Gasteiger partial charge in [0, 0.05) is 22.9 Å². The Balaban J connectivity index is 2.00. The van der Waals surface area contributed by atoms with E-state index in [0.29, 0.717) is 11.7 Å². The molecule has 3 nitrogen and oxygen atoms in total. The molecule has 2 N–H and O–H groups in total. The van der Waals surface area contributed by atoms with Crippen molar-refractivity contribution in [3.63, 3.8) is 0 Å². The van der Waals surface area contributed by atoms with Gasteiger partial charge in [-0.05, 0) is 31.0 Å². The molecule has 1 atom stereocenters. The molecule has 0 amide bonds. The van der Waals surface area contributed by atoms with Gasteiger partial charge in [-0.2, -0.15) is 5.26 Å². The minimum Gasteiger partial charge on any atom is -0.398 e. The SMILES string of the molecule is N#Cc1ccc(N)c(SCC2CCCO2)c1. The maximum absolute atomic E-state index is 8.81. The van der Waals surface area contributed by atoms with Gasteiger partial charge in [0.05, 0.1) is 17.7 Å². The minimum absolute atomic E-state index is 0.343. The first-order valence-electron chi connectivity index (χ1n) is 5.33. The maximum Gasteiger partial charge on any atom is 0.0992 e. The molecule has 1 fully saturated rings. The standard InChI is InChI=1S/C12H14N2OS/c13-7-9-3-4-11(14)12(6-9)16-8-10-2-1-5-15-10/h3-4,6,10H,1-2,5,8,14H2. The lowest BCUT2D eigenvalue weighted by Gasteiger charge is -2.10. The van der Waals surface area contributed by atoms with Crippen LogP contribution in [-0.4, -0.2) is 18.5 Å². The van der Waals surface area contributed by atoms with Crippen LogP contribution in [0.3, 0.4) is 0 Å². The number of nitrogens with zero attached hydrogens (tertiary/aromatic N) is 1. The highest BCUT2D eigenvalue weighted by Crippen LogP contribution is 2.28. The molecule has 0 saturated carbocycles. The van der Waals surface area contributed by atoms with Crippen molar-refractivity contribution in [2.45, 2.75) is 23.8 Å². The average Bonchev–Trinajstić information content (AvgIpc) is 2.81. The van der Waals surface area contributed by atoms with E-state index < -0.39 is 0 Å². The average molecular weight is 234 g/mol. The van der Waals surface area contributed by atoms with E-state index in [-0.39, 0.29) is 0 Å². The normalized spacial score (nSPS) is 19.6. The van der Waals surface area contributed by atoms with Crippen molar-refractivity contribution in [2.75, 3.05) is 18.1 Å².